The first kappa shape index (κ1) is 6.05. The molecular weight excluding hydrogens is 132 g/mol. The maximum Gasteiger partial charge on any atom is 0.0155 e. The Morgan fingerprint density at radius 1 is 1.27 bits per heavy atom. The topological polar surface area (TPSA) is 0 Å². The SMILES string of the molecule is C[C@]12CCC=C[C@@]13C=CC[C@H]32. The van der Waals surface area contributed by atoms with Crippen LogP contribution in [0.2, 0.25) is 0 Å². The summed E-state index contributed by atoms with van der Waals surface area (Å²) in [5.74, 6) is 0.966. The Hall–Kier alpha value is -0.520. The largest absolute Gasteiger partial charge is 0.0876 e. The second-order valence-corrected chi connectivity index (χ2v) is 4.48. The van der Waals surface area contributed by atoms with Crippen molar-refractivity contribution in [2.75, 3.05) is 0 Å². The molecule has 0 unspecified atom stereocenters. The summed E-state index contributed by atoms with van der Waals surface area (Å²) in [7, 11) is 0. The highest BCUT2D eigenvalue weighted by atomic mass is 14.7. The summed E-state index contributed by atoms with van der Waals surface area (Å²) in [6.07, 6.45) is 13.7. The molecule has 3 aliphatic carbocycles. The van der Waals surface area contributed by atoms with Crippen molar-refractivity contribution in [3.8, 4) is 0 Å². The minimum Gasteiger partial charge on any atom is -0.0876 e. The highest BCUT2D eigenvalue weighted by Crippen LogP contribution is 2.77. The van der Waals surface area contributed by atoms with Gasteiger partial charge in [-0.1, -0.05) is 31.2 Å². The molecule has 3 atom stereocenters. The third kappa shape index (κ3) is 0.446. The normalized spacial score (nSPS) is 57.4. The van der Waals surface area contributed by atoms with Crippen LogP contribution in [0.15, 0.2) is 24.3 Å². The van der Waals surface area contributed by atoms with E-state index in [1.165, 1.54) is 19.3 Å². The lowest BCUT2D eigenvalue weighted by Gasteiger charge is -2.19. The van der Waals surface area contributed by atoms with Gasteiger partial charge < -0.3 is 0 Å². The number of allylic oxidation sites excluding steroid dienone is 4. The highest BCUT2D eigenvalue weighted by Gasteiger charge is 2.71. The van der Waals surface area contributed by atoms with E-state index in [9.17, 15) is 0 Å². The summed E-state index contributed by atoms with van der Waals surface area (Å²) in [6.45, 7) is 2.46. The van der Waals surface area contributed by atoms with E-state index in [-0.39, 0.29) is 0 Å². The van der Waals surface area contributed by atoms with Crippen LogP contribution in [0, 0.1) is 16.7 Å². The number of hydrogen-bond acceptors (Lipinski definition) is 0. The van der Waals surface area contributed by atoms with E-state index < -0.39 is 0 Å². The van der Waals surface area contributed by atoms with Gasteiger partial charge in [0.05, 0.1) is 0 Å². The van der Waals surface area contributed by atoms with Gasteiger partial charge in [0.2, 0.25) is 0 Å². The average Bonchev–Trinajstić information content (AvgIpc) is 2.41. The molecule has 11 heavy (non-hydrogen) atoms. The summed E-state index contributed by atoms with van der Waals surface area (Å²) in [4.78, 5) is 0. The molecule has 0 nitrogen and oxygen atoms in total. The van der Waals surface area contributed by atoms with Crippen molar-refractivity contribution in [3.05, 3.63) is 24.3 Å². The Bertz CT molecular complexity index is 261. The maximum absolute atomic E-state index is 2.46. The summed E-state index contributed by atoms with van der Waals surface area (Å²) in [6, 6.07) is 0. The number of rotatable bonds is 0. The van der Waals surface area contributed by atoms with Gasteiger partial charge in [0.1, 0.15) is 0 Å². The number of hydrogen-bond donors (Lipinski definition) is 0. The molecular formula is C11H14. The molecule has 0 aromatic carbocycles. The second kappa shape index (κ2) is 1.48. The van der Waals surface area contributed by atoms with Gasteiger partial charge in [-0.25, -0.2) is 0 Å². The van der Waals surface area contributed by atoms with Crippen LogP contribution in [0.25, 0.3) is 0 Å². The molecule has 0 saturated heterocycles. The molecule has 1 saturated carbocycles. The fraction of sp³-hybridized carbons (Fsp3) is 0.636. The molecule has 0 heteroatoms. The summed E-state index contributed by atoms with van der Waals surface area (Å²) >= 11 is 0. The molecule has 3 rings (SSSR count). The van der Waals surface area contributed by atoms with Gasteiger partial charge in [0.15, 0.2) is 0 Å². The molecule has 0 aromatic heterocycles. The first-order chi connectivity index (χ1) is 5.30. The minimum absolute atomic E-state index is 0.533. The fourth-order valence-electron chi connectivity index (χ4n) is 3.42. The van der Waals surface area contributed by atoms with Gasteiger partial charge in [0, 0.05) is 5.41 Å². The smallest absolute Gasteiger partial charge is 0.0155 e. The van der Waals surface area contributed by atoms with E-state index in [4.69, 9.17) is 0 Å². The Balaban J connectivity index is 2.12. The van der Waals surface area contributed by atoms with Crippen LogP contribution < -0.4 is 0 Å². The van der Waals surface area contributed by atoms with E-state index in [1.54, 1.807) is 0 Å². The van der Waals surface area contributed by atoms with Crippen molar-refractivity contribution in [2.45, 2.75) is 26.2 Å². The Morgan fingerprint density at radius 2 is 2.09 bits per heavy atom. The standard InChI is InChI=1S/C11H14/c1-10-6-2-3-7-11(10)8-4-5-9(10)11/h3-4,7-9H,2,5-6H2,1H3/t9-,10+,11-/m0/s1. The molecule has 1 spiro atoms. The lowest BCUT2D eigenvalue weighted by Crippen LogP contribution is -2.09. The predicted octanol–water partition coefficient (Wildman–Crippen LogP) is 2.92. The zero-order valence-corrected chi connectivity index (χ0v) is 7.01. The van der Waals surface area contributed by atoms with Crippen LogP contribution in [-0.4, -0.2) is 0 Å². The van der Waals surface area contributed by atoms with Crippen LogP contribution in [0.1, 0.15) is 26.2 Å². The molecule has 58 valence electrons. The first-order valence-electron chi connectivity index (χ1n) is 4.65. The average molecular weight is 146 g/mol. The molecule has 0 bridgehead atoms. The van der Waals surface area contributed by atoms with Crippen LogP contribution in [0.4, 0.5) is 0 Å². The van der Waals surface area contributed by atoms with Crippen LogP contribution >= 0.6 is 0 Å². The third-order valence-electron chi connectivity index (χ3n) is 4.24. The van der Waals surface area contributed by atoms with Crippen molar-refractivity contribution in [1.82, 2.24) is 0 Å². The Kier molecular flexibility index (Phi) is 0.812. The molecule has 0 aromatic rings. The monoisotopic (exact) mass is 146 g/mol. The third-order valence-corrected chi connectivity index (χ3v) is 4.24. The second-order valence-electron chi connectivity index (χ2n) is 4.48. The van der Waals surface area contributed by atoms with E-state index in [2.05, 4.69) is 31.2 Å². The van der Waals surface area contributed by atoms with Crippen molar-refractivity contribution < 1.29 is 0 Å². The summed E-state index contributed by atoms with van der Waals surface area (Å²) in [5.41, 5.74) is 1.20. The molecule has 0 N–H and O–H groups in total. The van der Waals surface area contributed by atoms with Crippen LogP contribution in [0.3, 0.4) is 0 Å². The van der Waals surface area contributed by atoms with Crippen molar-refractivity contribution in [1.29, 1.82) is 0 Å². The first-order valence-corrected chi connectivity index (χ1v) is 4.65. The quantitative estimate of drug-likeness (QED) is 0.461. The molecule has 0 radical (unpaired) electrons. The predicted molar refractivity (Wildman–Crippen MR) is 46.2 cm³/mol. The van der Waals surface area contributed by atoms with E-state index in [0.29, 0.717) is 10.8 Å². The van der Waals surface area contributed by atoms with Crippen molar-refractivity contribution in [3.63, 3.8) is 0 Å². The van der Waals surface area contributed by atoms with Gasteiger partial charge in [-0.15, -0.1) is 0 Å². The molecule has 1 fully saturated rings. The molecule has 3 aliphatic rings. The van der Waals surface area contributed by atoms with Gasteiger partial charge in [0.25, 0.3) is 0 Å². The van der Waals surface area contributed by atoms with Crippen molar-refractivity contribution >= 4 is 0 Å². The lowest BCUT2D eigenvalue weighted by atomic mass is 9.85. The Labute approximate surface area is 68.0 Å². The molecule has 0 heterocycles. The van der Waals surface area contributed by atoms with E-state index >= 15 is 0 Å². The maximum atomic E-state index is 2.46. The van der Waals surface area contributed by atoms with Gasteiger partial charge in [-0.3, -0.25) is 0 Å². The minimum atomic E-state index is 0.533. The van der Waals surface area contributed by atoms with Gasteiger partial charge >= 0.3 is 0 Å². The molecule has 0 amide bonds. The summed E-state index contributed by atoms with van der Waals surface area (Å²) < 4.78 is 0. The van der Waals surface area contributed by atoms with Gasteiger partial charge in [-0.05, 0) is 30.6 Å². The number of fused-ring (bicyclic) bond motifs is 1. The van der Waals surface area contributed by atoms with Crippen LogP contribution in [-0.2, 0) is 0 Å². The van der Waals surface area contributed by atoms with Gasteiger partial charge in [-0.2, -0.15) is 0 Å². The van der Waals surface area contributed by atoms with Crippen LogP contribution in [0.5, 0.6) is 0 Å². The van der Waals surface area contributed by atoms with E-state index in [0.717, 1.165) is 5.92 Å². The molecule has 0 aliphatic heterocycles. The van der Waals surface area contributed by atoms with Crippen molar-refractivity contribution in [2.24, 2.45) is 16.7 Å². The fourth-order valence-corrected chi connectivity index (χ4v) is 3.42. The summed E-state index contributed by atoms with van der Waals surface area (Å²) in [5, 5.41) is 0. The van der Waals surface area contributed by atoms with E-state index in [1.807, 2.05) is 0 Å². The Morgan fingerprint density at radius 3 is 2.91 bits per heavy atom. The highest BCUT2D eigenvalue weighted by molar-refractivity contribution is 5.40. The zero-order chi connectivity index (χ0) is 7.53. The lowest BCUT2D eigenvalue weighted by molar-refractivity contribution is 0.413. The zero-order valence-electron chi connectivity index (χ0n) is 7.01.